The smallest absolute Gasteiger partial charge is 0.338 e. The standard InChI is InChI=1S/C22H14ClF3N2O/c23-15-5-3-4-13(10-15)11-20(29)14-8-9-18-19(12-14)28-21(27-18)16-6-1-2-7-17(16)22(24,25)26/h1-10,12H,11H2,(H,27,28). The predicted molar refractivity (Wildman–Crippen MR) is 106 cm³/mol. The van der Waals surface area contributed by atoms with Crippen LogP contribution in [0.15, 0.2) is 66.7 Å². The number of H-pyrrole nitrogens is 1. The van der Waals surface area contributed by atoms with Crippen molar-refractivity contribution in [3.8, 4) is 11.4 Å². The maximum Gasteiger partial charge on any atom is 0.417 e. The molecule has 146 valence electrons. The van der Waals surface area contributed by atoms with Crippen molar-refractivity contribution in [3.05, 3.63) is 88.4 Å². The zero-order valence-electron chi connectivity index (χ0n) is 14.9. The third kappa shape index (κ3) is 4.03. The lowest BCUT2D eigenvalue weighted by molar-refractivity contribution is -0.137. The molecule has 0 saturated heterocycles. The average Bonchev–Trinajstić information content (AvgIpc) is 3.10. The van der Waals surface area contributed by atoms with Crippen molar-refractivity contribution in [1.82, 2.24) is 9.97 Å². The Hall–Kier alpha value is -3.12. The number of hydrogen-bond acceptors (Lipinski definition) is 2. The molecule has 0 unspecified atom stereocenters. The number of aromatic nitrogens is 2. The minimum absolute atomic E-state index is 0.0389. The monoisotopic (exact) mass is 414 g/mol. The number of aromatic amines is 1. The number of carbonyl (C=O) groups is 1. The number of rotatable bonds is 4. The maximum atomic E-state index is 13.3. The van der Waals surface area contributed by atoms with Crippen LogP contribution in [0.5, 0.6) is 0 Å². The van der Waals surface area contributed by atoms with Crippen molar-refractivity contribution < 1.29 is 18.0 Å². The molecule has 0 aliphatic heterocycles. The molecule has 0 bridgehead atoms. The van der Waals surface area contributed by atoms with Gasteiger partial charge in [0.25, 0.3) is 0 Å². The number of ketones is 1. The van der Waals surface area contributed by atoms with E-state index in [2.05, 4.69) is 9.97 Å². The molecule has 4 rings (SSSR count). The topological polar surface area (TPSA) is 45.8 Å². The highest BCUT2D eigenvalue weighted by Crippen LogP contribution is 2.36. The molecule has 0 saturated carbocycles. The Morgan fingerprint density at radius 1 is 1.00 bits per heavy atom. The lowest BCUT2D eigenvalue weighted by Gasteiger charge is -2.10. The SMILES string of the molecule is O=C(Cc1cccc(Cl)c1)c1ccc2nc(-c3ccccc3C(F)(F)F)[nH]c2c1. The van der Waals surface area contributed by atoms with Gasteiger partial charge in [0, 0.05) is 22.6 Å². The van der Waals surface area contributed by atoms with Gasteiger partial charge in [0.05, 0.1) is 16.6 Å². The van der Waals surface area contributed by atoms with Crippen LogP contribution < -0.4 is 0 Å². The number of imidazole rings is 1. The van der Waals surface area contributed by atoms with Gasteiger partial charge < -0.3 is 4.98 Å². The summed E-state index contributed by atoms with van der Waals surface area (Å²) in [5, 5.41) is 0.548. The van der Waals surface area contributed by atoms with E-state index >= 15 is 0 Å². The van der Waals surface area contributed by atoms with Crippen molar-refractivity contribution in [1.29, 1.82) is 0 Å². The second-order valence-electron chi connectivity index (χ2n) is 6.59. The van der Waals surface area contributed by atoms with Gasteiger partial charge in [0.1, 0.15) is 5.82 Å². The molecule has 1 aromatic heterocycles. The fourth-order valence-electron chi connectivity index (χ4n) is 3.18. The van der Waals surface area contributed by atoms with Crippen LogP contribution in [-0.4, -0.2) is 15.8 Å². The summed E-state index contributed by atoms with van der Waals surface area (Å²) in [5.41, 5.74) is 1.40. The Morgan fingerprint density at radius 2 is 1.79 bits per heavy atom. The Bertz CT molecular complexity index is 1210. The molecule has 29 heavy (non-hydrogen) atoms. The Balaban J connectivity index is 1.68. The molecular formula is C22H14ClF3N2O. The van der Waals surface area contributed by atoms with Crippen LogP contribution in [0, 0.1) is 0 Å². The first-order chi connectivity index (χ1) is 13.8. The Labute approximate surface area is 169 Å². The van der Waals surface area contributed by atoms with E-state index in [-0.39, 0.29) is 23.6 Å². The minimum Gasteiger partial charge on any atom is -0.338 e. The fourth-order valence-corrected chi connectivity index (χ4v) is 3.39. The number of Topliss-reactive ketones (excluding diaryl/α,β-unsaturated/α-hetero) is 1. The average molecular weight is 415 g/mol. The molecule has 3 aromatic carbocycles. The molecule has 3 nitrogen and oxygen atoms in total. The first-order valence-corrected chi connectivity index (χ1v) is 9.13. The second-order valence-corrected chi connectivity index (χ2v) is 7.03. The highest BCUT2D eigenvalue weighted by atomic mass is 35.5. The van der Waals surface area contributed by atoms with Crippen LogP contribution in [0.1, 0.15) is 21.5 Å². The number of alkyl halides is 3. The Kier molecular flexibility index (Phi) is 4.88. The molecule has 0 aliphatic carbocycles. The van der Waals surface area contributed by atoms with Crippen molar-refractivity contribution in [2.75, 3.05) is 0 Å². The van der Waals surface area contributed by atoms with Gasteiger partial charge in [0.15, 0.2) is 5.78 Å². The first-order valence-electron chi connectivity index (χ1n) is 8.75. The summed E-state index contributed by atoms with van der Waals surface area (Å²) < 4.78 is 39.9. The lowest BCUT2D eigenvalue weighted by Crippen LogP contribution is -2.07. The van der Waals surface area contributed by atoms with Gasteiger partial charge in [-0.1, -0.05) is 41.9 Å². The van der Waals surface area contributed by atoms with Crippen molar-refractivity contribution in [3.63, 3.8) is 0 Å². The molecule has 7 heteroatoms. The van der Waals surface area contributed by atoms with Gasteiger partial charge in [-0.2, -0.15) is 13.2 Å². The lowest BCUT2D eigenvalue weighted by atomic mass is 10.0. The van der Waals surface area contributed by atoms with E-state index in [0.29, 0.717) is 21.6 Å². The van der Waals surface area contributed by atoms with Crippen LogP contribution >= 0.6 is 11.6 Å². The van der Waals surface area contributed by atoms with E-state index in [1.54, 1.807) is 36.4 Å². The highest BCUT2D eigenvalue weighted by Gasteiger charge is 2.34. The maximum absolute atomic E-state index is 13.3. The molecule has 0 amide bonds. The van der Waals surface area contributed by atoms with Gasteiger partial charge in [-0.15, -0.1) is 0 Å². The molecule has 1 heterocycles. The van der Waals surface area contributed by atoms with Gasteiger partial charge in [-0.25, -0.2) is 4.98 Å². The van der Waals surface area contributed by atoms with Gasteiger partial charge in [-0.3, -0.25) is 4.79 Å². The minimum atomic E-state index is -4.49. The van der Waals surface area contributed by atoms with Crippen LogP contribution in [0.25, 0.3) is 22.4 Å². The molecule has 4 aromatic rings. The summed E-state index contributed by atoms with van der Waals surface area (Å²) in [6, 6.07) is 17.1. The highest BCUT2D eigenvalue weighted by molar-refractivity contribution is 6.30. The van der Waals surface area contributed by atoms with Crippen molar-refractivity contribution >= 4 is 28.4 Å². The normalized spacial score (nSPS) is 11.7. The van der Waals surface area contributed by atoms with Gasteiger partial charge in [-0.05, 0) is 42.0 Å². The largest absolute Gasteiger partial charge is 0.417 e. The Morgan fingerprint density at radius 3 is 2.55 bits per heavy atom. The molecule has 1 N–H and O–H groups in total. The quantitative estimate of drug-likeness (QED) is 0.397. The van der Waals surface area contributed by atoms with E-state index in [4.69, 9.17) is 11.6 Å². The van der Waals surface area contributed by atoms with E-state index in [0.717, 1.165) is 11.6 Å². The number of nitrogens with one attached hydrogen (secondary N) is 1. The van der Waals surface area contributed by atoms with Gasteiger partial charge >= 0.3 is 6.18 Å². The zero-order chi connectivity index (χ0) is 20.6. The molecule has 0 aliphatic rings. The van der Waals surface area contributed by atoms with Crippen LogP contribution in [-0.2, 0) is 12.6 Å². The molecular weight excluding hydrogens is 401 g/mol. The number of halogens is 4. The molecule has 0 fully saturated rings. The summed E-state index contributed by atoms with van der Waals surface area (Å²) >= 11 is 5.95. The van der Waals surface area contributed by atoms with Crippen molar-refractivity contribution in [2.24, 2.45) is 0 Å². The van der Waals surface area contributed by atoms with E-state index in [1.807, 2.05) is 6.07 Å². The number of carbonyl (C=O) groups excluding carboxylic acids is 1. The fraction of sp³-hybridized carbons (Fsp3) is 0.0909. The third-order valence-electron chi connectivity index (χ3n) is 4.55. The third-order valence-corrected chi connectivity index (χ3v) is 4.78. The molecule has 0 spiro atoms. The summed E-state index contributed by atoms with van der Waals surface area (Å²) in [7, 11) is 0. The summed E-state index contributed by atoms with van der Waals surface area (Å²) in [5.74, 6) is -0.0200. The van der Waals surface area contributed by atoms with Crippen LogP contribution in [0.2, 0.25) is 5.02 Å². The summed E-state index contributed by atoms with van der Waals surface area (Å²) in [6.07, 6.45) is -4.32. The molecule has 0 radical (unpaired) electrons. The summed E-state index contributed by atoms with van der Waals surface area (Å²) in [4.78, 5) is 19.8. The number of benzene rings is 3. The van der Waals surface area contributed by atoms with E-state index < -0.39 is 11.7 Å². The molecule has 0 atom stereocenters. The van der Waals surface area contributed by atoms with Crippen molar-refractivity contribution in [2.45, 2.75) is 12.6 Å². The number of nitrogens with zero attached hydrogens (tertiary/aromatic N) is 1. The van der Waals surface area contributed by atoms with Crippen LogP contribution in [0.3, 0.4) is 0 Å². The first kappa shape index (κ1) is 19.2. The van der Waals surface area contributed by atoms with Crippen LogP contribution in [0.4, 0.5) is 13.2 Å². The zero-order valence-corrected chi connectivity index (χ0v) is 15.7. The van der Waals surface area contributed by atoms with E-state index in [1.165, 1.54) is 18.2 Å². The summed E-state index contributed by atoms with van der Waals surface area (Å²) in [6.45, 7) is 0. The number of fused-ring (bicyclic) bond motifs is 1. The predicted octanol–water partition coefficient (Wildman–Crippen LogP) is 6.33. The second kappa shape index (κ2) is 7.37. The van der Waals surface area contributed by atoms with E-state index in [9.17, 15) is 18.0 Å². The van der Waals surface area contributed by atoms with Gasteiger partial charge in [0.2, 0.25) is 0 Å². The number of hydrogen-bond donors (Lipinski definition) is 1.